The van der Waals surface area contributed by atoms with Gasteiger partial charge in [-0.15, -0.1) is 0 Å². The molecule has 3 aromatic rings. The number of amides is 2. The Kier molecular flexibility index (Phi) is 6.93. The summed E-state index contributed by atoms with van der Waals surface area (Å²) in [6, 6.07) is 20.4. The summed E-state index contributed by atoms with van der Waals surface area (Å²) in [5.74, 6) is 0.702. The van der Waals surface area contributed by atoms with Gasteiger partial charge in [-0.3, -0.25) is 9.59 Å². The zero-order valence-electron chi connectivity index (χ0n) is 16.5. The van der Waals surface area contributed by atoms with Crippen molar-refractivity contribution in [3.8, 4) is 11.5 Å². The van der Waals surface area contributed by atoms with Gasteiger partial charge in [0.2, 0.25) is 0 Å². The van der Waals surface area contributed by atoms with Gasteiger partial charge in [-0.1, -0.05) is 11.6 Å². The highest BCUT2D eigenvalue weighted by Crippen LogP contribution is 2.19. The van der Waals surface area contributed by atoms with Gasteiger partial charge < -0.3 is 20.1 Å². The molecule has 2 N–H and O–H groups in total. The van der Waals surface area contributed by atoms with Gasteiger partial charge in [0.15, 0.2) is 6.10 Å². The number of anilines is 2. The van der Waals surface area contributed by atoms with Gasteiger partial charge in [-0.05, 0) is 79.7 Å². The molecule has 0 heterocycles. The second-order valence-corrected chi connectivity index (χ2v) is 6.90. The largest absolute Gasteiger partial charge is 0.497 e. The normalized spacial score (nSPS) is 11.3. The molecule has 7 heteroatoms. The number of benzene rings is 3. The van der Waals surface area contributed by atoms with Crippen molar-refractivity contribution in [2.75, 3.05) is 17.7 Å². The van der Waals surface area contributed by atoms with Crippen LogP contribution in [0.1, 0.15) is 17.3 Å². The molecular weight excluding hydrogens is 404 g/mol. The maximum Gasteiger partial charge on any atom is 0.265 e. The Morgan fingerprint density at radius 1 is 0.800 bits per heavy atom. The van der Waals surface area contributed by atoms with Gasteiger partial charge in [-0.25, -0.2) is 0 Å². The van der Waals surface area contributed by atoms with Gasteiger partial charge in [0.05, 0.1) is 7.11 Å². The predicted octanol–water partition coefficient (Wildman–Crippen LogP) is 5.01. The summed E-state index contributed by atoms with van der Waals surface area (Å²) in [5, 5.41) is 6.17. The van der Waals surface area contributed by atoms with Gasteiger partial charge in [0, 0.05) is 22.0 Å². The molecule has 6 nitrogen and oxygen atoms in total. The second kappa shape index (κ2) is 9.80. The molecule has 1 atom stereocenters. The Balaban J connectivity index is 1.55. The summed E-state index contributed by atoms with van der Waals surface area (Å²) in [6.07, 6.45) is -0.704. The van der Waals surface area contributed by atoms with E-state index in [1.54, 1.807) is 86.8 Å². The molecular formula is C23H21ClN2O4. The summed E-state index contributed by atoms with van der Waals surface area (Å²) in [5.41, 5.74) is 1.69. The van der Waals surface area contributed by atoms with E-state index < -0.39 is 6.10 Å². The molecule has 0 radical (unpaired) electrons. The lowest BCUT2D eigenvalue weighted by Crippen LogP contribution is -2.30. The van der Waals surface area contributed by atoms with Crippen molar-refractivity contribution >= 4 is 34.8 Å². The number of carbonyl (C=O) groups is 2. The molecule has 0 aliphatic carbocycles. The Bertz CT molecular complexity index is 1000. The lowest BCUT2D eigenvalue weighted by molar-refractivity contribution is -0.122. The van der Waals surface area contributed by atoms with Gasteiger partial charge in [-0.2, -0.15) is 0 Å². The van der Waals surface area contributed by atoms with Crippen molar-refractivity contribution in [1.82, 2.24) is 0 Å². The van der Waals surface area contributed by atoms with Crippen LogP contribution in [0.4, 0.5) is 11.4 Å². The molecule has 0 fully saturated rings. The van der Waals surface area contributed by atoms with E-state index in [4.69, 9.17) is 21.1 Å². The van der Waals surface area contributed by atoms with Gasteiger partial charge in [0.1, 0.15) is 11.5 Å². The SMILES string of the molecule is COc1ccc(NC(=O)c2ccc(NC(=O)C(C)Oc3ccc(Cl)cc3)cc2)cc1. The quantitative estimate of drug-likeness (QED) is 0.559. The molecule has 1 unspecified atom stereocenters. The Labute approximate surface area is 179 Å². The summed E-state index contributed by atoms with van der Waals surface area (Å²) in [4.78, 5) is 24.7. The van der Waals surface area contributed by atoms with Crippen molar-refractivity contribution in [3.63, 3.8) is 0 Å². The van der Waals surface area contributed by atoms with Crippen molar-refractivity contribution in [3.05, 3.63) is 83.4 Å². The minimum atomic E-state index is -0.704. The number of nitrogens with one attached hydrogen (secondary N) is 2. The first-order valence-electron chi connectivity index (χ1n) is 9.23. The molecule has 3 aromatic carbocycles. The number of methoxy groups -OCH3 is 1. The fourth-order valence-electron chi connectivity index (χ4n) is 2.60. The first-order valence-corrected chi connectivity index (χ1v) is 9.61. The van der Waals surface area contributed by atoms with Crippen LogP contribution in [0.15, 0.2) is 72.8 Å². The van der Waals surface area contributed by atoms with Crippen LogP contribution in [-0.4, -0.2) is 25.0 Å². The van der Waals surface area contributed by atoms with Crippen LogP contribution in [0.25, 0.3) is 0 Å². The molecule has 30 heavy (non-hydrogen) atoms. The minimum absolute atomic E-state index is 0.252. The number of hydrogen-bond acceptors (Lipinski definition) is 4. The monoisotopic (exact) mass is 424 g/mol. The molecule has 0 bridgehead atoms. The summed E-state index contributed by atoms with van der Waals surface area (Å²) in [6.45, 7) is 1.65. The van der Waals surface area contributed by atoms with E-state index in [1.165, 1.54) is 0 Å². The van der Waals surface area contributed by atoms with Crippen LogP contribution in [0, 0.1) is 0 Å². The molecule has 0 aliphatic rings. The highest BCUT2D eigenvalue weighted by atomic mass is 35.5. The lowest BCUT2D eigenvalue weighted by Gasteiger charge is -2.15. The maximum absolute atomic E-state index is 12.4. The van der Waals surface area contributed by atoms with E-state index in [1.807, 2.05) is 0 Å². The third kappa shape index (κ3) is 5.75. The number of rotatable bonds is 7. The minimum Gasteiger partial charge on any atom is -0.497 e. The highest BCUT2D eigenvalue weighted by molar-refractivity contribution is 6.30. The molecule has 0 aliphatic heterocycles. The molecule has 154 valence electrons. The zero-order valence-corrected chi connectivity index (χ0v) is 17.3. The zero-order chi connectivity index (χ0) is 21.5. The average Bonchev–Trinajstić information content (AvgIpc) is 2.76. The topological polar surface area (TPSA) is 76.7 Å². The first kappa shape index (κ1) is 21.2. The molecule has 0 spiro atoms. The van der Waals surface area contributed by atoms with Crippen LogP contribution in [0.5, 0.6) is 11.5 Å². The Morgan fingerprint density at radius 3 is 1.93 bits per heavy atom. The third-order valence-corrected chi connectivity index (χ3v) is 4.51. The molecule has 2 amide bonds. The number of carbonyl (C=O) groups excluding carboxylic acids is 2. The smallest absolute Gasteiger partial charge is 0.265 e. The van der Waals surface area contributed by atoms with E-state index >= 15 is 0 Å². The van der Waals surface area contributed by atoms with Crippen molar-refractivity contribution in [2.45, 2.75) is 13.0 Å². The highest BCUT2D eigenvalue weighted by Gasteiger charge is 2.15. The lowest BCUT2D eigenvalue weighted by atomic mass is 10.2. The van der Waals surface area contributed by atoms with E-state index in [0.29, 0.717) is 33.5 Å². The molecule has 3 rings (SSSR count). The second-order valence-electron chi connectivity index (χ2n) is 6.46. The molecule has 0 saturated heterocycles. The fourth-order valence-corrected chi connectivity index (χ4v) is 2.72. The van der Waals surface area contributed by atoms with E-state index in [-0.39, 0.29) is 11.8 Å². The van der Waals surface area contributed by atoms with Crippen LogP contribution < -0.4 is 20.1 Å². The third-order valence-electron chi connectivity index (χ3n) is 4.26. The number of hydrogen-bond donors (Lipinski definition) is 2. The van der Waals surface area contributed by atoms with E-state index in [2.05, 4.69) is 10.6 Å². The van der Waals surface area contributed by atoms with Crippen LogP contribution in [-0.2, 0) is 4.79 Å². The average molecular weight is 425 g/mol. The van der Waals surface area contributed by atoms with Crippen molar-refractivity contribution in [2.24, 2.45) is 0 Å². The Hall–Kier alpha value is -3.51. The molecule has 0 saturated carbocycles. The first-order chi connectivity index (χ1) is 14.4. The van der Waals surface area contributed by atoms with Gasteiger partial charge in [0.25, 0.3) is 11.8 Å². The van der Waals surface area contributed by atoms with Crippen LogP contribution in [0.2, 0.25) is 5.02 Å². The fraction of sp³-hybridized carbons (Fsp3) is 0.130. The van der Waals surface area contributed by atoms with E-state index in [9.17, 15) is 9.59 Å². The van der Waals surface area contributed by atoms with Crippen molar-refractivity contribution in [1.29, 1.82) is 0 Å². The number of ether oxygens (including phenoxy) is 2. The standard InChI is InChI=1S/C23H21ClN2O4/c1-15(30-21-11-5-17(24)6-12-21)22(27)25-18-7-3-16(4-8-18)23(28)26-19-9-13-20(29-2)14-10-19/h3-15H,1-2H3,(H,25,27)(H,26,28). The summed E-state index contributed by atoms with van der Waals surface area (Å²) < 4.78 is 10.7. The van der Waals surface area contributed by atoms with E-state index in [0.717, 1.165) is 0 Å². The van der Waals surface area contributed by atoms with Crippen molar-refractivity contribution < 1.29 is 19.1 Å². The van der Waals surface area contributed by atoms with Crippen LogP contribution >= 0.6 is 11.6 Å². The molecule has 0 aromatic heterocycles. The number of halogens is 1. The maximum atomic E-state index is 12.4. The summed E-state index contributed by atoms with van der Waals surface area (Å²) >= 11 is 5.84. The van der Waals surface area contributed by atoms with Gasteiger partial charge >= 0.3 is 0 Å². The van der Waals surface area contributed by atoms with Crippen LogP contribution in [0.3, 0.4) is 0 Å². The summed E-state index contributed by atoms with van der Waals surface area (Å²) in [7, 11) is 1.58. The Morgan fingerprint density at radius 2 is 1.33 bits per heavy atom. The predicted molar refractivity (Wildman–Crippen MR) is 118 cm³/mol.